The van der Waals surface area contributed by atoms with Gasteiger partial charge in [-0.1, -0.05) is 54.6 Å². The van der Waals surface area contributed by atoms with E-state index in [2.05, 4.69) is 11.4 Å². The first kappa shape index (κ1) is 21.7. The summed E-state index contributed by atoms with van der Waals surface area (Å²) in [6.45, 7) is 0.651. The van der Waals surface area contributed by atoms with E-state index in [1.807, 2.05) is 48.5 Å². The number of benzene rings is 3. The molecule has 0 amide bonds. The Hall–Kier alpha value is -3.51. The predicted octanol–water partition coefficient (Wildman–Crippen LogP) is 4.02. The van der Waals surface area contributed by atoms with Gasteiger partial charge in [-0.3, -0.25) is 0 Å². The van der Waals surface area contributed by atoms with Crippen LogP contribution in [0.3, 0.4) is 0 Å². The molecule has 3 aromatic rings. The quantitative estimate of drug-likeness (QED) is 0.586. The SMILES string of the molecule is COc1cc(OC)cc(OC(C(=O)O)C2(c3ccccc3)NCCCc3ccccc32)c1. The number of methoxy groups -OCH3 is 2. The minimum Gasteiger partial charge on any atom is -0.496 e. The highest BCUT2D eigenvalue weighted by Crippen LogP contribution is 2.40. The average Bonchev–Trinajstić information content (AvgIpc) is 3.03. The van der Waals surface area contributed by atoms with E-state index in [9.17, 15) is 9.90 Å². The highest BCUT2D eigenvalue weighted by molar-refractivity contribution is 5.77. The van der Waals surface area contributed by atoms with Gasteiger partial charge >= 0.3 is 5.97 Å². The first-order chi connectivity index (χ1) is 15.6. The number of aliphatic carboxylic acids is 1. The van der Waals surface area contributed by atoms with Crippen LogP contribution < -0.4 is 19.5 Å². The number of carbonyl (C=O) groups is 1. The number of aryl methyl sites for hydroxylation is 1. The zero-order valence-electron chi connectivity index (χ0n) is 18.2. The van der Waals surface area contributed by atoms with Crippen molar-refractivity contribution < 1.29 is 24.1 Å². The second kappa shape index (κ2) is 9.32. The van der Waals surface area contributed by atoms with E-state index in [1.165, 1.54) is 0 Å². The van der Waals surface area contributed by atoms with Crippen molar-refractivity contribution in [2.75, 3.05) is 20.8 Å². The third-order valence-electron chi connectivity index (χ3n) is 5.89. The number of carboxylic acid groups (broad SMARTS) is 1. The standard InChI is InChI=1S/C26H27NO5/c1-30-20-15-21(31-2)17-22(16-20)32-24(25(28)29)26(19-11-4-3-5-12-19)23-13-7-6-9-18(23)10-8-14-27-26/h3-7,9,11-13,15-17,24,27H,8,10,14H2,1-2H3,(H,28,29). The van der Waals surface area contributed by atoms with Gasteiger partial charge in [0, 0.05) is 18.2 Å². The highest BCUT2D eigenvalue weighted by Gasteiger charge is 2.49. The lowest BCUT2D eigenvalue weighted by molar-refractivity contribution is -0.148. The zero-order valence-corrected chi connectivity index (χ0v) is 18.2. The molecule has 2 N–H and O–H groups in total. The van der Waals surface area contributed by atoms with Gasteiger partial charge in [0.1, 0.15) is 22.8 Å². The molecule has 0 radical (unpaired) electrons. The van der Waals surface area contributed by atoms with Crippen molar-refractivity contribution in [2.24, 2.45) is 0 Å². The molecule has 4 rings (SSSR count). The molecule has 0 saturated carbocycles. The molecule has 2 unspecified atom stereocenters. The van der Waals surface area contributed by atoms with Crippen molar-refractivity contribution in [3.63, 3.8) is 0 Å². The van der Waals surface area contributed by atoms with Gasteiger partial charge in [0.2, 0.25) is 6.10 Å². The van der Waals surface area contributed by atoms with Crippen LogP contribution in [0.5, 0.6) is 17.2 Å². The molecule has 32 heavy (non-hydrogen) atoms. The maximum Gasteiger partial charge on any atom is 0.347 e. The van der Waals surface area contributed by atoms with Crippen LogP contribution in [0.15, 0.2) is 72.8 Å². The summed E-state index contributed by atoms with van der Waals surface area (Å²) in [5, 5.41) is 14.0. The summed E-state index contributed by atoms with van der Waals surface area (Å²) in [6.07, 6.45) is 0.503. The fourth-order valence-corrected chi connectivity index (χ4v) is 4.44. The minimum absolute atomic E-state index is 0.354. The summed E-state index contributed by atoms with van der Waals surface area (Å²) in [7, 11) is 3.09. The van der Waals surface area contributed by atoms with E-state index >= 15 is 0 Å². The van der Waals surface area contributed by atoms with Crippen molar-refractivity contribution >= 4 is 5.97 Å². The Morgan fingerprint density at radius 3 is 2.22 bits per heavy atom. The van der Waals surface area contributed by atoms with E-state index in [0.29, 0.717) is 23.8 Å². The lowest BCUT2D eigenvalue weighted by atomic mass is 9.76. The average molecular weight is 434 g/mol. The van der Waals surface area contributed by atoms with Crippen LogP contribution in [0.25, 0.3) is 0 Å². The molecule has 6 nitrogen and oxygen atoms in total. The highest BCUT2D eigenvalue weighted by atomic mass is 16.5. The monoisotopic (exact) mass is 433 g/mol. The van der Waals surface area contributed by atoms with Gasteiger partial charge in [0.05, 0.1) is 14.2 Å². The van der Waals surface area contributed by atoms with Crippen LogP contribution in [0, 0.1) is 0 Å². The van der Waals surface area contributed by atoms with Gasteiger partial charge < -0.3 is 24.6 Å². The van der Waals surface area contributed by atoms with Crippen molar-refractivity contribution in [1.29, 1.82) is 0 Å². The van der Waals surface area contributed by atoms with Crippen LogP contribution in [-0.4, -0.2) is 37.9 Å². The number of ether oxygens (including phenoxy) is 3. The molecule has 1 aliphatic rings. The lowest BCUT2D eigenvalue weighted by Crippen LogP contribution is -2.58. The molecule has 0 aliphatic carbocycles. The van der Waals surface area contributed by atoms with Gasteiger partial charge in [-0.15, -0.1) is 0 Å². The van der Waals surface area contributed by atoms with Gasteiger partial charge in [-0.2, -0.15) is 0 Å². The summed E-state index contributed by atoms with van der Waals surface area (Å²) in [5.74, 6) is 0.324. The van der Waals surface area contributed by atoms with Gasteiger partial charge in [0.15, 0.2) is 0 Å². The molecule has 0 bridgehead atoms. The minimum atomic E-state index is -1.25. The summed E-state index contributed by atoms with van der Waals surface area (Å²) in [6, 6.07) is 22.7. The Balaban J connectivity index is 1.91. The Kier molecular flexibility index (Phi) is 6.32. The zero-order chi connectivity index (χ0) is 22.6. The summed E-state index contributed by atoms with van der Waals surface area (Å²) < 4.78 is 16.9. The maximum atomic E-state index is 12.8. The van der Waals surface area contributed by atoms with Crippen LogP contribution in [0.4, 0.5) is 0 Å². The first-order valence-corrected chi connectivity index (χ1v) is 10.6. The maximum absolute atomic E-state index is 12.8. The molecular formula is C26H27NO5. The van der Waals surface area contributed by atoms with Crippen LogP contribution >= 0.6 is 0 Å². The Morgan fingerprint density at radius 2 is 1.56 bits per heavy atom. The second-order valence-electron chi connectivity index (χ2n) is 7.75. The normalized spacial score (nSPS) is 18.7. The van der Waals surface area contributed by atoms with Gasteiger partial charge in [-0.25, -0.2) is 4.79 Å². The molecular weight excluding hydrogens is 406 g/mol. The van der Waals surface area contributed by atoms with Gasteiger partial charge in [-0.05, 0) is 36.1 Å². The largest absolute Gasteiger partial charge is 0.496 e. The Morgan fingerprint density at radius 1 is 0.938 bits per heavy atom. The fourth-order valence-electron chi connectivity index (χ4n) is 4.44. The lowest BCUT2D eigenvalue weighted by Gasteiger charge is -2.40. The number of hydrogen-bond acceptors (Lipinski definition) is 5. The Labute approximate surface area is 187 Å². The third-order valence-corrected chi connectivity index (χ3v) is 5.89. The van der Waals surface area contributed by atoms with Crippen LogP contribution in [-0.2, 0) is 16.8 Å². The molecule has 3 aromatic carbocycles. The van der Waals surface area contributed by atoms with Crippen molar-refractivity contribution in [2.45, 2.75) is 24.5 Å². The summed E-state index contributed by atoms with van der Waals surface area (Å²) >= 11 is 0. The van der Waals surface area contributed by atoms with Crippen molar-refractivity contribution in [3.05, 3.63) is 89.5 Å². The predicted molar refractivity (Wildman–Crippen MR) is 122 cm³/mol. The molecule has 1 heterocycles. The molecule has 0 saturated heterocycles. The molecule has 166 valence electrons. The molecule has 1 aliphatic heterocycles. The van der Waals surface area contributed by atoms with Crippen molar-refractivity contribution in [1.82, 2.24) is 5.32 Å². The molecule has 2 atom stereocenters. The number of nitrogens with one attached hydrogen (secondary N) is 1. The van der Waals surface area contributed by atoms with E-state index in [0.717, 1.165) is 29.5 Å². The third kappa shape index (κ3) is 4.01. The molecule has 0 fully saturated rings. The smallest absolute Gasteiger partial charge is 0.347 e. The molecule has 0 aromatic heterocycles. The van der Waals surface area contributed by atoms with Crippen LogP contribution in [0.2, 0.25) is 0 Å². The van der Waals surface area contributed by atoms with E-state index in [-0.39, 0.29) is 0 Å². The first-order valence-electron chi connectivity index (χ1n) is 10.6. The summed E-state index contributed by atoms with van der Waals surface area (Å²) in [5.41, 5.74) is 1.76. The number of rotatable bonds is 7. The summed E-state index contributed by atoms with van der Waals surface area (Å²) in [4.78, 5) is 12.8. The molecule has 0 spiro atoms. The fraction of sp³-hybridized carbons (Fsp3) is 0.269. The van der Waals surface area contributed by atoms with E-state index < -0.39 is 17.6 Å². The number of carboxylic acids is 1. The van der Waals surface area contributed by atoms with Gasteiger partial charge in [0.25, 0.3) is 0 Å². The topological polar surface area (TPSA) is 77.0 Å². The molecule has 6 heteroatoms. The van der Waals surface area contributed by atoms with E-state index in [1.54, 1.807) is 32.4 Å². The van der Waals surface area contributed by atoms with E-state index in [4.69, 9.17) is 14.2 Å². The second-order valence-corrected chi connectivity index (χ2v) is 7.75. The number of fused-ring (bicyclic) bond motifs is 1. The Bertz CT molecular complexity index is 1060. The van der Waals surface area contributed by atoms with Crippen LogP contribution in [0.1, 0.15) is 23.1 Å². The number of hydrogen-bond donors (Lipinski definition) is 2. The van der Waals surface area contributed by atoms with Crippen molar-refractivity contribution in [3.8, 4) is 17.2 Å².